The Morgan fingerprint density at radius 1 is 1.06 bits per heavy atom. The number of rotatable bonds is 7. The molecule has 1 unspecified atom stereocenters. The fourth-order valence-electron chi connectivity index (χ4n) is 3.91. The second-order valence-corrected chi connectivity index (χ2v) is 9.87. The van der Waals surface area contributed by atoms with Gasteiger partial charge < -0.3 is 20.3 Å². The molecule has 9 heteroatoms. The van der Waals surface area contributed by atoms with Gasteiger partial charge in [0, 0.05) is 25.2 Å². The first kappa shape index (κ1) is 27.0. The summed E-state index contributed by atoms with van der Waals surface area (Å²) >= 11 is 0. The molecular formula is C27H36N4O5. The van der Waals surface area contributed by atoms with Crippen LogP contribution in [-0.4, -0.2) is 71.0 Å². The lowest BCUT2D eigenvalue weighted by atomic mass is 10.0. The van der Waals surface area contributed by atoms with E-state index in [1.54, 1.807) is 32.9 Å². The number of nitrogens with one attached hydrogen (secondary N) is 2. The monoisotopic (exact) mass is 496 g/mol. The number of alkyl carbamates (subject to hydrolysis) is 1. The Kier molecular flexibility index (Phi) is 8.93. The lowest BCUT2D eigenvalue weighted by Gasteiger charge is -2.24. The van der Waals surface area contributed by atoms with Crippen LogP contribution in [0.1, 0.15) is 50.0 Å². The summed E-state index contributed by atoms with van der Waals surface area (Å²) in [5.41, 5.74) is 3.27. The topological polar surface area (TPSA) is 111 Å². The van der Waals surface area contributed by atoms with Crippen LogP contribution in [0.2, 0.25) is 0 Å². The largest absolute Gasteiger partial charge is 0.444 e. The van der Waals surface area contributed by atoms with E-state index >= 15 is 0 Å². The minimum Gasteiger partial charge on any atom is -0.444 e. The van der Waals surface area contributed by atoms with Gasteiger partial charge in [-0.2, -0.15) is 0 Å². The maximum Gasteiger partial charge on any atom is 0.407 e. The smallest absolute Gasteiger partial charge is 0.407 e. The van der Waals surface area contributed by atoms with Crippen LogP contribution in [0.4, 0.5) is 9.59 Å². The van der Waals surface area contributed by atoms with Gasteiger partial charge in [-0.15, -0.1) is 0 Å². The number of carbonyl (C=O) groups is 3. The Balaban J connectivity index is 1.41. The lowest BCUT2D eigenvalue weighted by Crippen LogP contribution is -2.45. The zero-order valence-electron chi connectivity index (χ0n) is 21.4. The van der Waals surface area contributed by atoms with Gasteiger partial charge in [0.2, 0.25) is 0 Å². The normalized spacial score (nSPS) is 15.4. The predicted octanol–water partition coefficient (Wildman–Crippen LogP) is 4.06. The third-order valence-electron chi connectivity index (χ3n) is 5.85. The highest BCUT2D eigenvalue weighted by Crippen LogP contribution is 2.20. The van der Waals surface area contributed by atoms with Crippen molar-refractivity contribution in [2.75, 3.05) is 26.2 Å². The summed E-state index contributed by atoms with van der Waals surface area (Å²) in [6.45, 7) is 8.15. The van der Waals surface area contributed by atoms with Gasteiger partial charge in [-0.25, -0.2) is 14.7 Å². The third-order valence-corrected chi connectivity index (χ3v) is 5.85. The van der Waals surface area contributed by atoms with E-state index in [0.717, 1.165) is 17.5 Å². The van der Waals surface area contributed by atoms with Crippen molar-refractivity contribution in [3.63, 3.8) is 0 Å². The van der Waals surface area contributed by atoms with Gasteiger partial charge in [0.15, 0.2) is 0 Å². The molecular weight excluding hydrogens is 460 g/mol. The zero-order valence-corrected chi connectivity index (χ0v) is 21.4. The van der Waals surface area contributed by atoms with Crippen molar-refractivity contribution in [1.82, 2.24) is 20.6 Å². The van der Waals surface area contributed by atoms with Crippen molar-refractivity contribution in [2.45, 2.75) is 52.2 Å². The van der Waals surface area contributed by atoms with Crippen LogP contribution in [0.5, 0.6) is 0 Å². The number of amides is 4. The Bertz CT molecular complexity index is 1050. The molecule has 2 aromatic carbocycles. The van der Waals surface area contributed by atoms with Gasteiger partial charge in [0.1, 0.15) is 5.60 Å². The molecule has 1 fully saturated rings. The van der Waals surface area contributed by atoms with Gasteiger partial charge >= 0.3 is 12.1 Å². The highest BCUT2D eigenvalue weighted by molar-refractivity contribution is 5.94. The highest BCUT2D eigenvalue weighted by Gasteiger charge is 2.31. The fraction of sp³-hybridized carbons (Fsp3) is 0.444. The van der Waals surface area contributed by atoms with E-state index in [1.165, 1.54) is 10.5 Å². The molecule has 1 saturated heterocycles. The zero-order chi connectivity index (χ0) is 26.3. The summed E-state index contributed by atoms with van der Waals surface area (Å²) in [5.74, 6) is -0.286. The molecule has 0 aromatic heterocycles. The van der Waals surface area contributed by atoms with E-state index in [2.05, 4.69) is 41.8 Å². The number of likely N-dealkylation sites (tertiary alicyclic amines) is 1. The van der Waals surface area contributed by atoms with Gasteiger partial charge in [-0.1, -0.05) is 43.3 Å². The molecule has 3 rings (SSSR count). The molecule has 0 aliphatic carbocycles. The van der Waals surface area contributed by atoms with E-state index in [0.29, 0.717) is 23.6 Å². The molecule has 1 atom stereocenters. The molecule has 2 aromatic rings. The van der Waals surface area contributed by atoms with Crippen LogP contribution < -0.4 is 10.6 Å². The second kappa shape index (κ2) is 11.9. The van der Waals surface area contributed by atoms with E-state index in [9.17, 15) is 19.6 Å². The summed E-state index contributed by atoms with van der Waals surface area (Å²) < 4.78 is 5.24. The average molecular weight is 497 g/mol. The number of carbonyl (C=O) groups excluding carboxylic acids is 3. The first-order valence-corrected chi connectivity index (χ1v) is 12.3. The summed E-state index contributed by atoms with van der Waals surface area (Å²) in [6.07, 6.45) is 1.02. The molecule has 4 amide bonds. The van der Waals surface area contributed by atoms with Gasteiger partial charge in [0.05, 0.1) is 12.6 Å². The number of urea groups is 1. The van der Waals surface area contributed by atoms with Crippen LogP contribution in [0.3, 0.4) is 0 Å². The van der Waals surface area contributed by atoms with E-state index in [4.69, 9.17) is 4.74 Å². The summed E-state index contributed by atoms with van der Waals surface area (Å²) in [7, 11) is 0. The molecule has 9 nitrogen and oxygen atoms in total. The number of hydrogen-bond acceptors (Lipinski definition) is 5. The number of ether oxygens (including phenoxy) is 1. The second-order valence-electron chi connectivity index (χ2n) is 9.87. The number of aryl methyl sites for hydroxylation is 1. The first-order valence-electron chi connectivity index (χ1n) is 12.3. The number of benzene rings is 2. The standard InChI is InChI=1S/C27H36N4O5/c1-5-19-6-8-20(9-7-19)21-10-12-22(13-11-21)24(32)28-15-17-31(35)26(34)30-16-14-23(18-30)29-25(33)36-27(2,3)4/h6-13,23,35H,5,14-18H2,1-4H3,(H,28,32)(H,29,33). The van der Waals surface area contributed by atoms with Crippen molar-refractivity contribution in [2.24, 2.45) is 0 Å². The molecule has 194 valence electrons. The SMILES string of the molecule is CCc1ccc(-c2ccc(C(=O)NCCN(O)C(=O)N3CCC(NC(=O)OC(C)(C)C)C3)cc2)cc1. The minimum atomic E-state index is -0.604. The molecule has 3 N–H and O–H groups in total. The Morgan fingerprint density at radius 3 is 2.25 bits per heavy atom. The molecule has 0 bridgehead atoms. The van der Waals surface area contributed by atoms with Gasteiger partial charge in [-0.3, -0.25) is 10.0 Å². The average Bonchev–Trinajstić information content (AvgIpc) is 3.30. The van der Waals surface area contributed by atoms with Crippen LogP contribution >= 0.6 is 0 Å². The van der Waals surface area contributed by atoms with Crippen molar-refractivity contribution < 1.29 is 24.3 Å². The van der Waals surface area contributed by atoms with Crippen molar-refractivity contribution in [1.29, 1.82) is 0 Å². The molecule has 0 saturated carbocycles. The first-order chi connectivity index (χ1) is 17.1. The van der Waals surface area contributed by atoms with Crippen LogP contribution in [0.15, 0.2) is 48.5 Å². The molecule has 1 aliphatic heterocycles. The van der Waals surface area contributed by atoms with E-state index < -0.39 is 17.7 Å². The van der Waals surface area contributed by atoms with Gasteiger partial charge in [0.25, 0.3) is 5.91 Å². The van der Waals surface area contributed by atoms with E-state index in [-0.39, 0.29) is 31.6 Å². The number of nitrogens with zero attached hydrogens (tertiary/aromatic N) is 2. The number of hydrogen-bond donors (Lipinski definition) is 3. The predicted molar refractivity (Wildman–Crippen MR) is 137 cm³/mol. The maximum absolute atomic E-state index is 12.5. The Morgan fingerprint density at radius 2 is 1.67 bits per heavy atom. The number of hydroxylamine groups is 2. The fourth-order valence-corrected chi connectivity index (χ4v) is 3.91. The maximum atomic E-state index is 12.5. The summed E-state index contributed by atoms with van der Waals surface area (Å²) in [4.78, 5) is 38.4. The summed E-state index contributed by atoms with van der Waals surface area (Å²) in [6, 6.07) is 14.8. The minimum absolute atomic E-state index is 0.0624. The van der Waals surface area contributed by atoms with Crippen molar-refractivity contribution >= 4 is 18.0 Å². The quantitative estimate of drug-likeness (QED) is 0.396. The van der Waals surface area contributed by atoms with Crippen molar-refractivity contribution in [3.05, 3.63) is 59.7 Å². The Hall–Kier alpha value is -3.59. The molecule has 36 heavy (non-hydrogen) atoms. The molecule has 0 spiro atoms. The summed E-state index contributed by atoms with van der Waals surface area (Å²) in [5, 5.41) is 16.2. The van der Waals surface area contributed by atoms with Crippen LogP contribution in [0, 0.1) is 0 Å². The van der Waals surface area contributed by atoms with E-state index in [1.807, 2.05) is 12.1 Å². The third kappa shape index (κ3) is 7.71. The van der Waals surface area contributed by atoms with Crippen LogP contribution in [0.25, 0.3) is 11.1 Å². The molecule has 1 heterocycles. The van der Waals surface area contributed by atoms with Crippen molar-refractivity contribution in [3.8, 4) is 11.1 Å². The lowest BCUT2D eigenvalue weighted by molar-refractivity contribution is -0.0533. The van der Waals surface area contributed by atoms with Gasteiger partial charge in [-0.05, 0) is 62.4 Å². The van der Waals surface area contributed by atoms with Crippen LogP contribution in [-0.2, 0) is 11.2 Å². The molecule has 1 aliphatic rings. The molecule has 0 radical (unpaired) electrons. The highest BCUT2D eigenvalue weighted by atomic mass is 16.6. The Labute approximate surface area is 212 Å².